The van der Waals surface area contributed by atoms with Crippen molar-refractivity contribution in [3.8, 4) is 0 Å². The normalized spacial score (nSPS) is 13.1. The van der Waals surface area contributed by atoms with E-state index >= 15 is 0 Å². The Labute approximate surface area is 173 Å². The van der Waals surface area contributed by atoms with E-state index in [-0.39, 0.29) is 17.9 Å². The van der Waals surface area contributed by atoms with Crippen LogP contribution in [0.3, 0.4) is 0 Å². The summed E-state index contributed by atoms with van der Waals surface area (Å²) in [6.07, 6.45) is -2.71. The zero-order valence-corrected chi connectivity index (χ0v) is 16.9. The first-order valence-electron chi connectivity index (χ1n) is 9.19. The van der Waals surface area contributed by atoms with Crippen LogP contribution in [-0.4, -0.2) is 33.8 Å². The molecule has 2 aromatic rings. The Bertz CT molecular complexity index is 894. The molecule has 0 fully saturated rings. The van der Waals surface area contributed by atoms with Crippen molar-refractivity contribution in [1.82, 2.24) is 5.32 Å². The molecule has 0 aliphatic heterocycles. The van der Waals surface area contributed by atoms with Crippen LogP contribution in [0.25, 0.3) is 0 Å². The number of nitrogens with zero attached hydrogens (tertiary/aromatic N) is 1. The Morgan fingerprint density at radius 2 is 1.80 bits per heavy atom. The lowest BCUT2D eigenvalue weighted by molar-refractivity contribution is -0.384. The third-order valence-corrected chi connectivity index (χ3v) is 3.89. The van der Waals surface area contributed by atoms with Gasteiger partial charge in [-0.25, -0.2) is 9.59 Å². The molecule has 9 nitrogen and oxygen atoms in total. The molecule has 1 amide bonds. The Morgan fingerprint density at radius 1 is 1.13 bits per heavy atom. The van der Waals surface area contributed by atoms with Crippen LogP contribution in [0.1, 0.15) is 37.9 Å². The summed E-state index contributed by atoms with van der Waals surface area (Å²) in [4.78, 5) is 35.1. The maximum Gasteiger partial charge on any atom is 0.408 e. The molecular weight excluding hydrogens is 392 g/mol. The van der Waals surface area contributed by atoms with Crippen LogP contribution < -0.4 is 5.32 Å². The summed E-state index contributed by atoms with van der Waals surface area (Å²) < 4.78 is 10.3. The summed E-state index contributed by atoms with van der Waals surface area (Å²) in [5.74, 6) is -0.994. The lowest BCUT2D eigenvalue weighted by atomic mass is 10.0. The van der Waals surface area contributed by atoms with Gasteiger partial charge in [-0.2, -0.15) is 0 Å². The number of non-ortho nitro benzene ring substituents is 1. The number of nitro groups is 1. The van der Waals surface area contributed by atoms with Gasteiger partial charge in [-0.15, -0.1) is 0 Å². The maximum atomic E-state index is 12.4. The van der Waals surface area contributed by atoms with Crippen LogP contribution in [0.15, 0.2) is 54.6 Å². The Hall–Kier alpha value is -3.46. The quantitative estimate of drug-likeness (QED) is 0.403. The molecule has 0 aromatic heterocycles. The number of hydrogen-bond donors (Lipinski definition) is 2. The molecule has 0 unspecified atom stereocenters. The summed E-state index contributed by atoms with van der Waals surface area (Å²) >= 11 is 0. The van der Waals surface area contributed by atoms with Crippen LogP contribution in [0.5, 0.6) is 0 Å². The Balaban J connectivity index is 2.22. The minimum atomic E-state index is -1.82. The minimum absolute atomic E-state index is 0.0785. The third kappa shape index (κ3) is 6.85. The van der Waals surface area contributed by atoms with E-state index in [1.807, 2.05) is 6.07 Å². The number of aliphatic hydroxyl groups is 1. The number of benzene rings is 2. The van der Waals surface area contributed by atoms with E-state index in [1.54, 1.807) is 45.0 Å². The van der Waals surface area contributed by atoms with Crippen molar-refractivity contribution in [1.29, 1.82) is 0 Å². The molecule has 0 bridgehead atoms. The van der Waals surface area contributed by atoms with E-state index in [9.17, 15) is 24.8 Å². The van der Waals surface area contributed by atoms with Gasteiger partial charge in [0.1, 0.15) is 12.2 Å². The van der Waals surface area contributed by atoms with E-state index in [2.05, 4.69) is 5.32 Å². The molecule has 2 atom stereocenters. The average molecular weight is 416 g/mol. The van der Waals surface area contributed by atoms with E-state index < -0.39 is 34.7 Å². The second kappa shape index (κ2) is 9.84. The van der Waals surface area contributed by atoms with Crippen LogP contribution in [-0.2, 0) is 20.9 Å². The molecule has 0 radical (unpaired) electrons. The number of ether oxygens (including phenoxy) is 2. The van der Waals surface area contributed by atoms with E-state index in [4.69, 9.17) is 9.47 Å². The lowest BCUT2D eigenvalue weighted by Crippen LogP contribution is -2.43. The second-order valence-electron chi connectivity index (χ2n) is 7.51. The smallest absolute Gasteiger partial charge is 0.408 e. The second-order valence-corrected chi connectivity index (χ2v) is 7.51. The number of amides is 1. The van der Waals surface area contributed by atoms with E-state index in [0.717, 1.165) is 6.07 Å². The van der Waals surface area contributed by atoms with Gasteiger partial charge in [0, 0.05) is 12.1 Å². The van der Waals surface area contributed by atoms with Gasteiger partial charge in [0.2, 0.25) is 0 Å². The topological polar surface area (TPSA) is 128 Å². The average Bonchev–Trinajstić information content (AvgIpc) is 2.69. The summed E-state index contributed by atoms with van der Waals surface area (Å²) in [5.41, 5.74) is -0.214. The predicted molar refractivity (Wildman–Crippen MR) is 107 cm³/mol. The van der Waals surface area contributed by atoms with Gasteiger partial charge < -0.3 is 19.9 Å². The molecule has 160 valence electrons. The van der Waals surface area contributed by atoms with Crippen molar-refractivity contribution < 1.29 is 29.1 Å². The first kappa shape index (κ1) is 22.8. The monoisotopic (exact) mass is 416 g/mol. The van der Waals surface area contributed by atoms with Crippen LogP contribution in [0.4, 0.5) is 10.5 Å². The van der Waals surface area contributed by atoms with E-state index in [1.165, 1.54) is 18.2 Å². The number of aliphatic hydroxyl groups excluding tert-OH is 1. The first-order chi connectivity index (χ1) is 14.1. The van der Waals surface area contributed by atoms with Crippen molar-refractivity contribution in [2.75, 3.05) is 0 Å². The SMILES string of the molecule is CC(C)(C)OC(=O)N[C@@H](c1cccc([N+](=O)[O-])c1)[C@@H](O)C(=O)OCc1ccccc1. The van der Waals surface area contributed by atoms with Gasteiger partial charge in [-0.05, 0) is 31.9 Å². The van der Waals surface area contributed by atoms with Gasteiger partial charge in [0.25, 0.3) is 5.69 Å². The van der Waals surface area contributed by atoms with Crippen molar-refractivity contribution in [3.05, 3.63) is 75.8 Å². The summed E-state index contributed by atoms with van der Waals surface area (Å²) in [5, 5.41) is 24.1. The molecule has 0 saturated heterocycles. The number of hydrogen-bond acceptors (Lipinski definition) is 7. The fourth-order valence-electron chi connectivity index (χ4n) is 2.56. The molecule has 2 aromatic carbocycles. The summed E-state index contributed by atoms with van der Waals surface area (Å²) in [6, 6.07) is 12.8. The molecule has 0 aliphatic carbocycles. The molecule has 2 N–H and O–H groups in total. The Morgan fingerprint density at radius 3 is 2.40 bits per heavy atom. The number of rotatable bonds is 7. The zero-order chi connectivity index (χ0) is 22.3. The summed E-state index contributed by atoms with van der Waals surface area (Å²) in [6.45, 7) is 4.88. The molecule has 9 heteroatoms. The van der Waals surface area contributed by atoms with Crippen molar-refractivity contribution in [2.45, 2.75) is 45.1 Å². The molecule has 0 spiro atoms. The zero-order valence-electron chi connectivity index (χ0n) is 16.9. The Kier molecular flexibility index (Phi) is 7.48. The fourth-order valence-corrected chi connectivity index (χ4v) is 2.56. The number of nitro benzene ring substituents is 1. The number of alkyl carbamates (subject to hydrolysis) is 1. The van der Waals surface area contributed by atoms with Crippen LogP contribution in [0, 0.1) is 10.1 Å². The number of nitrogens with one attached hydrogen (secondary N) is 1. The first-order valence-corrected chi connectivity index (χ1v) is 9.19. The van der Waals surface area contributed by atoms with Crippen molar-refractivity contribution in [2.24, 2.45) is 0 Å². The molecule has 30 heavy (non-hydrogen) atoms. The lowest BCUT2D eigenvalue weighted by Gasteiger charge is -2.26. The number of carbonyl (C=O) groups is 2. The molecule has 0 aliphatic rings. The number of carbonyl (C=O) groups excluding carboxylic acids is 2. The highest BCUT2D eigenvalue weighted by Gasteiger charge is 2.32. The largest absolute Gasteiger partial charge is 0.459 e. The van der Waals surface area contributed by atoms with Crippen LogP contribution in [0.2, 0.25) is 0 Å². The van der Waals surface area contributed by atoms with Crippen molar-refractivity contribution >= 4 is 17.7 Å². The predicted octanol–water partition coefficient (Wildman–Crippen LogP) is 3.26. The number of esters is 1. The highest BCUT2D eigenvalue weighted by atomic mass is 16.6. The molecule has 2 rings (SSSR count). The highest BCUT2D eigenvalue weighted by molar-refractivity contribution is 5.77. The maximum absolute atomic E-state index is 12.4. The fraction of sp³-hybridized carbons (Fsp3) is 0.333. The molecule has 0 saturated carbocycles. The standard InChI is InChI=1S/C21H24N2O7/c1-21(2,3)30-20(26)22-17(15-10-7-11-16(12-15)23(27)28)18(24)19(25)29-13-14-8-5-4-6-9-14/h4-12,17-18,24H,13H2,1-3H3,(H,22,26)/t17-,18+/m0/s1. The third-order valence-electron chi connectivity index (χ3n) is 3.89. The highest BCUT2D eigenvalue weighted by Crippen LogP contribution is 2.24. The molecule has 0 heterocycles. The van der Waals surface area contributed by atoms with E-state index in [0.29, 0.717) is 5.56 Å². The van der Waals surface area contributed by atoms with Gasteiger partial charge in [0.05, 0.1) is 11.0 Å². The minimum Gasteiger partial charge on any atom is -0.459 e. The van der Waals surface area contributed by atoms with Crippen LogP contribution >= 0.6 is 0 Å². The van der Waals surface area contributed by atoms with Gasteiger partial charge in [0.15, 0.2) is 6.10 Å². The molecular formula is C21H24N2O7. The summed E-state index contributed by atoms with van der Waals surface area (Å²) in [7, 11) is 0. The van der Waals surface area contributed by atoms with Gasteiger partial charge >= 0.3 is 12.1 Å². The van der Waals surface area contributed by atoms with Crippen molar-refractivity contribution in [3.63, 3.8) is 0 Å². The van der Waals surface area contributed by atoms with Gasteiger partial charge in [-0.1, -0.05) is 42.5 Å². The van der Waals surface area contributed by atoms with Gasteiger partial charge in [-0.3, -0.25) is 10.1 Å².